The Labute approximate surface area is 514 Å². The van der Waals surface area contributed by atoms with E-state index in [1.807, 2.05) is 0 Å². The summed E-state index contributed by atoms with van der Waals surface area (Å²) in [5.41, 5.74) is 20.8. The molecule has 0 aliphatic heterocycles. The SMILES string of the molecule is CC(C)(C)c1cc(N(c2ccccc2)c2ccc(-c3ccc4c(c3)c3ccccc3n4-c3ccccc3)cc2)c2ccc3c(C(C)(C)C)cc(N(c4ccccc4)c4ccc(-c5ccc6c(c5)c5ccccc5n6-c5ccccc5)cc4)c4ccc1c2c43. The quantitative estimate of drug-likeness (QED) is 0.127. The van der Waals surface area contributed by atoms with Gasteiger partial charge in [0.25, 0.3) is 0 Å². The molecule has 2 heterocycles. The van der Waals surface area contributed by atoms with E-state index in [1.165, 1.54) is 109 Å². The third-order valence-corrected chi connectivity index (χ3v) is 18.3. The minimum atomic E-state index is -0.192. The second-order valence-electron chi connectivity index (χ2n) is 25.7. The normalized spacial score (nSPS) is 12.2. The molecule has 0 atom stereocenters. The van der Waals surface area contributed by atoms with E-state index in [2.05, 4.69) is 352 Å². The number of rotatable bonds is 10. The highest BCUT2D eigenvalue weighted by atomic mass is 15.2. The number of aromatic nitrogens is 2. The molecule has 0 amide bonds. The van der Waals surface area contributed by atoms with Crippen LogP contribution in [0.25, 0.3) is 110 Å². The molecule has 422 valence electrons. The Morgan fingerprint density at radius 2 is 0.545 bits per heavy atom. The fourth-order valence-electron chi connectivity index (χ4n) is 14.2. The van der Waals surface area contributed by atoms with Crippen molar-refractivity contribution in [1.82, 2.24) is 9.13 Å². The van der Waals surface area contributed by atoms with Crippen LogP contribution in [0.1, 0.15) is 52.7 Å². The Hall–Kier alpha value is -10.7. The van der Waals surface area contributed by atoms with E-state index in [4.69, 9.17) is 0 Å². The van der Waals surface area contributed by atoms with Crippen molar-refractivity contribution >= 4 is 110 Å². The lowest BCUT2D eigenvalue weighted by Crippen LogP contribution is -2.17. The van der Waals surface area contributed by atoms with Crippen molar-refractivity contribution in [1.29, 1.82) is 0 Å². The number of hydrogen-bond donors (Lipinski definition) is 0. The summed E-state index contributed by atoms with van der Waals surface area (Å²) in [4.78, 5) is 4.98. The molecule has 0 saturated heterocycles. The fraction of sp³-hybridized carbons (Fsp3) is 0.0952. The van der Waals surface area contributed by atoms with Gasteiger partial charge in [0.05, 0.1) is 33.4 Å². The molecule has 16 aromatic rings. The second-order valence-corrected chi connectivity index (χ2v) is 25.7. The topological polar surface area (TPSA) is 16.3 Å². The highest BCUT2D eigenvalue weighted by molar-refractivity contribution is 6.30. The van der Waals surface area contributed by atoms with Crippen molar-refractivity contribution in [2.24, 2.45) is 0 Å². The third-order valence-electron chi connectivity index (χ3n) is 18.3. The third kappa shape index (κ3) is 8.65. The van der Waals surface area contributed by atoms with Gasteiger partial charge in [-0.05, 0) is 187 Å². The van der Waals surface area contributed by atoms with Crippen LogP contribution in [0.5, 0.6) is 0 Å². The molecule has 0 radical (unpaired) electrons. The van der Waals surface area contributed by atoms with Gasteiger partial charge in [-0.3, -0.25) is 0 Å². The van der Waals surface area contributed by atoms with E-state index < -0.39 is 0 Å². The van der Waals surface area contributed by atoms with E-state index in [1.54, 1.807) is 0 Å². The molecule has 0 bridgehead atoms. The lowest BCUT2D eigenvalue weighted by Gasteiger charge is -2.33. The van der Waals surface area contributed by atoms with Crippen LogP contribution in [-0.4, -0.2) is 9.13 Å². The highest BCUT2D eigenvalue weighted by Crippen LogP contribution is 2.52. The summed E-state index contributed by atoms with van der Waals surface area (Å²) in [5.74, 6) is 0. The Kier molecular flexibility index (Phi) is 12.3. The highest BCUT2D eigenvalue weighted by Gasteiger charge is 2.30. The maximum atomic E-state index is 2.49. The Balaban J connectivity index is 0.857. The van der Waals surface area contributed by atoms with E-state index in [9.17, 15) is 0 Å². The first kappa shape index (κ1) is 52.8. The molecule has 0 N–H and O–H groups in total. The fourth-order valence-corrected chi connectivity index (χ4v) is 14.2. The molecule has 16 rings (SSSR count). The zero-order valence-corrected chi connectivity index (χ0v) is 50.5. The van der Waals surface area contributed by atoms with Crippen LogP contribution >= 0.6 is 0 Å². The standard InChI is InChI=1S/C84H66N4/c1-83(2,3)73-53-79(85(59-23-11-7-12-24-59)63-41-35-55(36-42-63)57-39-49-77-71(51-57)65-31-19-21-33-75(65)87(77)61-27-15-9-16-28-61)69-48-46-68-74(84(4,5)6)54-80(70-47-45-67(73)81(69)82(68)70)86(60-25-13-8-14-26-60)64-43-37-56(38-44-64)58-40-50-78-72(52-58)66-32-20-22-34-76(66)88(78)62-29-17-10-18-30-62/h7-54H,1-6H3. The summed E-state index contributed by atoms with van der Waals surface area (Å²) in [7, 11) is 0. The average molecular weight is 1130 g/mol. The van der Waals surface area contributed by atoms with Gasteiger partial charge in [-0.1, -0.05) is 211 Å². The molecule has 0 aliphatic rings. The van der Waals surface area contributed by atoms with Gasteiger partial charge in [-0.25, -0.2) is 0 Å². The first-order chi connectivity index (χ1) is 42.9. The van der Waals surface area contributed by atoms with Gasteiger partial charge in [0.15, 0.2) is 0 Å². The first-order valence-electron chi connectivity index (χ1n) is 30.8. The number of fused-ring (bicyclic) bond motifs is 6. The van der Waals surface area contributed by atoms with Gasteiger partial charge < -0.3 is 18.9 Å². The molecule has 0 fully saturated rings. The smallest absolute Gasteiger partial charge is 0.0543 e. The van der Waals surface area contributed by atoms with Crippen molar-refractivity contribution < 1.29 is 0 Å². The van der Waals surface area contributed by atoms with Crippen molar-refractivity contribution in [3.8, 4) is 33.6 Å². The van der Waals surface area contributed by atoms with E-state index in [-0.39, 0.29) is 10.8 Å². The summed E-state index contributed by atoms with van der Waals surface area (Å²) in [6.45, 7) is 14.2. The zero-order chi connectivity index (χ0) is 59.4. The van der Waals surface area contributed by atoms with Crippen molar-refractivity contribution in [2.45, 2.75) is 52.4 Å². The minimum absolute atomic E-state index is 0.192. The van der Waals surface area contributed by atoms with Gasteiger partial charge in [-0.2, -0.15) is 0 Å². The number of nitrogens with zero attached hydrogens (tertiary/aromatic N) is 4. The van der Waals surface area contributed by atoms with Crippen LogP contribution in [0.2, 0.25) is 0 Å². The monoisotopic (exact) mass is 1130 g/mol. The van der Waals surface area contributed by atoms with E-state index in [0.717, 1.165) is 45.5 Å². The first-order valence-corrected chi connectivity index (χ1v) is 30.8. The maximum absolute atomic E-state index is 2.49. The molecule has 0 aliphatic carbocycles. The lowest BCUT2D eigenvalue weighted by molar-refractivity contribution is 0.595. The molecule has 2 aromatic heterocycles. The molecule has 0 saturated carbocycles. The molecule has 4 heteroatoms. The number of benzene rings is 14. The Morgan fingerprint density at radius 1 is 0.239 bits per heavy atom. The van der Waals surface area contributed by atoms with Crippen LogP contribution in [0.15, 0.2) is 291 Å². The van der Waals surface area contributed by atoms with Crippen LogP contribution in [-0.2, 0) is 10.8 Å². The summed E-state index contributed by atoms with van der Waals surface area (Å²) >= 11 is 0. The predicted molar refractivity (Wildman–Crippen MR) is 376 cm³/mol. The van der Waals surface area contributed by atoms with Crippen LogP contribution in [0.3, 0.4) is 0 Å². The maximum Gasteiger partial charge on any atom is 0.0543 e. The largest absolute Gasteiger partial charge is 0.310 e. The molecule has 88 heavy (non-hydrogen) atoms. The number of anilines is 6. The van der Waals surface area contributed by atoms with E-state index >= 15 is 0 Å². The summed E-state index contributed by atoms with van der Waals surface area (Å²) in [5, 5.41) is 12.6. The molecule has 0 spiro atoms. The molecular formula is C84H66N4. The summed E-state index contributed by atoms with van der Waals surface area (Å²) in [6.07, 6.45) is 0. The predicted octanol–water partition coefficient (Wildman–Crippen LogP) is 23.6. The lowest BCUT2D eigenvalue weighted by atomic mass is 9.77. The molecule has 4 nitrogen and oxygen atoms in total. The van der Waals surface area contributed by atoms with Crippen LogP contribution < -0.4 is 9.80 Å². The molecular weight excluding hydrogens is 1060 g/mol. The van der Waals surface area contributed by atoms with Crippen molar-refractivity contribution in [3.05, 3.63) is 302 Å². The zero-order valence-electron chi connectivity index (χ0n) is 50.5. The van der Waals surface area contributed by atoms with Gasteiger partial charge in [0.2, 0.25) is 0 Å². The van der Waals surface area contributed by atoms with Crippen LogP contribution in [0.4, 0.5) is 34.1 Å². The number of hydrogen-bond acceptors (Lipinski definition) is 2. The summed E-state index contributed by atoms with van der Waals surface area (Å²) < 4.78 is 4.77. The average Bonchev–Trinajstić information content (AvgIpc) is 0.996. The van der Waals surface area contributed by atoms with Gasteiger partial charge >= 0.3 is 0 Å². The Bertz CT molecular complexity index is 4960. The van der Waals surface area contributed by atoms with Crippen LogP contribution in [0, 0.1) is 0 Å². The summed E-state index contributed by atoms with van der Waals surface area (Å²) in [6, 6.07) is 108. The molecule has 14 aromatic carbocycles. The minimum Gasteiger partial charge on any atom is -0.310 e. The van der Waals surface area contributed by atoms with Gasteiger partial charge in [-0.15, -0.1) is 0 Å². The molecule has 0 unspecified atom stereocenters. The van der Waals surface area contributed by atoms with E-state index in [0.29, 0.717) is 0 Å². The second kappa shape index (κ2) is 20.5. The Morgan fingerprint density at radius 3 is 0.920 bits per heavy atom. The van der Waals surface area contributed by atoms with Gasteiger partial charge in [0, 0.05) is 66.4 Å². The van der Waals surface area contributed by atoms with Gasteiger partial charge in [0.1, 0.15) is 0 Å². The number of para-hydroxylation sites is 6. The van der Waals surface area contributed by atoms with Crippen molar-refractivity contribution in [2.75, 3.05) is 9.80 Å². The van der Waals surface area contributed by atoms with Crippen molar-refractivity contribution in [3.63, 3.8) is 0 Å².